The van der Waals surface area contributed by atoms with E-state index < -0.39 is 9.84 Å². The summed E-state index contributed by atoms with van der Waals surface area (Å²) in [5, 5.41) is 0. The van der Waals surface area contributed by atoms with Crippen molar-refractivity contribution in [3.05, 3.63) is 42.0 Å². The molecule has 0 aliphatic heterocycles. The Labute approximate surface area is 117 Å². The lowest BCUT2D eigenvalue weighted by molar-refractivity contribution is 0.594. The van der Waals surface area contributed by atoms with Crippen LogP contribution >= 0.6 is 15.9 Å². The molecule has 1 unspecified atom stereocenters. The molecule has 1 aliphatic rings. The molecule has 0 N–H and O–H groups in total. The van der Waals surface area contributed by atoms with Gasteiger partial charge in [-0.1, -0.05) is 45.8 Å². The maximum absolute atomic E-state index is 12.2. The molecular formula is C14H17BrO2S. The van der Waals surface area contributed by atoms with Gasteiger partial charge >= 0.3 is 0 Å². The first-order valence-electron chi connectivity index (χ1n) is 6.20. The predicted molar refractivity (Wildman–Crippen MR) is 77.8 cm³/mol. The normalized spacial score (nSPS) is 18.2. The van der Waals surface area contributed by atoms with Crippen molar-refractivity contribution in [2.75, 3.05) is 5.75 Å². The van der Waals surface area contributed by atoms with Crippen molar-refractivity contribution in [1.82, 2.24) is 0 Å². The maximum Gasteiger partial charge on any atom is 0.179 e. The van der Waals surface area contributed by atoms with Gasteiger partial charge in [0.15, 0.2) is 9.84 Å². The molecule has 1 aromatic rings. The van der Waals surface area contributed by atoms with E-state index >= 15 is 0 Å². The summed E-state index contributed by atoms with van der Waals surface area (Å²) in [5.41, 5.74) is 1.24. The molecule has 1 aliphatic carbocycles. The SMILES string of the molecule is O=S(=O)(CC(Br)C1=CCCCC1)c1ccccc1. The van der Waals surface area contributed by atoms with Gasteiger partial charge in [0, 0.05) is 4.83 Å². The van der Waals surface area contributed by atoms with Gasteiger partial charge in [-0.2, -0.15) is 0 Å². The van der Waals surface area contributed by atoms with E-state index in [-0.39, 0.29) is 10.6 Å². The molecule has 4 heteroatoms. The zero-order valence-corrected chi connectivity index (χ0v) is 12.6. The van der Waals surface area contributed by atoms with E-state index in [1.807, 2.05) is 6.07 Å². The average molecular weight is 329 g/mol. The Hall–Kier alpha value is -0.610. The van der Waals surface area contributed by atoms with Crippen molar-refractivity contribution >= 4 is 25.8 Å². The van der Waals surface area contributed by atoms with Crippen molar-refractivity contribution in [3.8, 4) is 0 Å². The highest BCUT2D eigenvalue weighted by molar-refractivity contribution is 9.09. The predicted octanol–water partition coefficient (Wildman–Crippen LogP) is 3.72. The third kappa shape index (κ3) is 3.45. The Morgan fingerprint density at radius 2 is 1.89 bits per heavy atom. The molecule has 18 heavy (non-hydrogen) atoms. The zero-order chi connectivity index (χ0) is 13.0. The number of hydrogen-bond acceptors (Lipinski definition) is 2. The highest BCUT2D eigenvalue weighted by Crippen LogP contribution is 2.27. The smallest absolute Gasteiger partial charge is 0.179 e. The first-order chi connectivity index (χ1) is 8.59. The summed E-state index contributed by atoms with van der Waals surface area (Å²) in [6, 6.07) is 8.66. The van der Waals surface area contributed by atoms with Gasteiger partial charge in [-0.05, 0) is 37.8 Å². The summed E-state index contributed by atoms with van der Waals surface area (Å²) >= 11 is 3.53. The number of hydrogen-bond donors (Lipinski definition) is 0. The summed E-state index contributed by atoms with van der Waals surface area (Å²) in [7, 11) is -3.20. The first kappa shape index (κ1) is 13.8. The van der Waals surface area contributed by atoms with Gasteiger partial charge in [0.25, 0.3) is 0 Å². The number of benzene rings is 1. The molecule has 0 bridgehead atoms. The van der Waals surface area contributed by atoms with Gasteiger partial charge in [0.2, 0.25) is 0 Å². The highest BCUT2D eigenvalue weighted by Gasteiger charge is 2.22. The molecule has 1 aromatic carbocycles. The minimum atomic E-state index is -3.20. The molecule has 0 saturated heterocycles. The van der Waals surface area contributed by atoms with Gasteiger partial charge in [-0.25, -0.2) is 8.42 Å². The topological polar surface area (TPSA) is 34.1 Å². The molecular weight excluding hydrogens is 312 g/mol. The fraction of sp³-hybridized carbons (Fsp3) is 0.429. The third-order valence-electron chi connectivity index (χ3n) is 3.20. The van der Waals surface area contributed by atoms with E-state index in [0.717, 1.165) is 12.8 Å². The summed E-state index contributed by atoms with van der Waals surface area (Å²) < 4.78 is 24.5. The maximum atomic E-state index is 12.2. The quantitative estimate of drug-likeness (QED) is 0.623. The third-order valence-corrected chi connectivity index (χ3v) is 6.30. The van der Waals surface area contributed by atoms with Crippen LogP contribution in [0.2, 0.25) is 0 Å². The highest BCUT2D eigenvalue weighted by atomic mass is 79.9. The average Bonchev–Trinajstić information content (AvgIpc) is 2.40. The molecule has 0 radical (unpaired) electrons. The Bertz CT molecular complexity index is 520. The van der Waals surface area contributed by atoms with Gasteiger partial charge < -0.3 is 0 Å². The van der Waals surface area contributed by atoms with E-state index in [2.05, 4.69) is 22.0 Å². The monoisotopic (exact) mass is 328 g/mol. The lowest BCUT2D eigenvalue weighted by Gasteiger charge is -2.18. The molecule has 0 heterocycles. The molecule has 0 fully saturated rings. The van der Waals surface area contributed by atoms with Crippen LogP contribution in [-0.4, -0.2) is 19.0 Å². The summed E-state index contributed by atoms with van der Waals surface area (Å²) in [4.78, 5) is 0.355. The van der Waals surface area contributed by atoms with Crippen LogP contribution in [0.5, 0.6) is 0 Å². The summed E-state index contributed by atoms with van der Waals surface area (Å²) in [6.45, 7) is 0. The summed E-state index contributed by atoms with van der Waals surface area (Å²) in [5.74, 6) is 0.142. The molecule has 1 atom stereocenters. The van der Waals surface area contributed by atoms with Crippen LogP contribution in [0.15, 0.2) is 46.9 Å². The first-order valence-corrected chi connectivity index (χ1v) is 8.77. The Balaban J connectivity index is 2.11. The van der Waals surface area contributed by atoms with Gasteiger partial charge in [0.05, 0.1) is 10.6 Å². The molecule has 0 aromatic heterocycles. The van der Waals surface area contributed by atoms with E-state index in [4.69, 9.17) is 0 Å². The van der Waals surface area contributed by atoms with Crippen LogP contribution in [0.4, 0.5) is 0 Å². The molecule has 2 nitrogen and oxygen atoms in total. The van der Waals surface area contributed by atoms with Crippen molar-refractivity contribution in [2.24, 2.45) is 0 Å². The standard InChI is InChI=1S/C14H17BrO2S/c15-14(12-7-3-1-4-8-12)11-18(16,17)13-9-5-2-6-10-13/h2,5-7,9-10,14H,1,3-4,8,11H2. The van der Waals surface area contributed by atoms with Crippen molar-refractivity contribution < 1.29 is 8.42 Å². The molecule has 98 valence electrons. The number of sulfone groups is 1. The largest absolute Gasteiger partial charge is 0.224 e. The van der Waals surface area contributed by atoms with Crippen LogP contribution < -0.4 is 0 Å². The van der Waals surface area contributed by atoms with Crippen LogP contribution in [-0.2, 0) is 9.84 Å². The second kappa shape index (κ2) is 6.02. The fourth-order valence-corrected chi connectivity index (χ4v) is 4.99. The molecule has 2 rings (SSSR count). The van der Waals surface area contributed by atoms with Crippen LogP contribution in [0.3, 0.4) is 0 Å². The van der Waals surface area contributed by atoms with Crippen LogP contribution in [0.1, 0.15) is 25.7 Å². The van der Waals surface area contributed by atoms with Crippen LogP contribution in [0, 0.1) is 0 Å². The minimum Gasteiger partial charge on any atom is -0.224 e. The molecule has 0 spiro atoms. The number of halogens is 1. The van der Waals surface area contributed by atoms with Gasteiger partial charge in [-0.15, -0.1) is 0 Å². The second-order valence-electron chi connectivity index (χ2n) is 4.59. The van der Waals surface area contributed by atoms with Crippen molar-refractivity contribution in [2.45, 2.75) is 35.4 Å². The molecule has 0 amide bonds. The van der Waals surface area contributed by atoms with Crippen LogP contribution in [0.25, 0.3) is 0 Å². The van der Waals surface area contributed by atoms with E-state index in [9.17, 15) is 8.42 Å². The Morgan fingerprint density at radius 3 is 2.50 bits per heavy atom. The lowest BCUT2D eigenvalue weighted by atomic mass is 9.98. The number of allylic oxidation sites excluding steroid dienone is 2. The number of rotatable bonds is 4. The Morgan fingerprint density at radius 1 is 1.17 bits per heavy atom. The van der Waals surface area contributed by atoms with Crippen molar-refractivity contribution in [1.29, 1.82) is 0 Å². The van der Waals surface area contributed by atoms with E-state index in [0.29, 0.717) is 4.90 Å². The minimum absolute atomic E-state index is 0.0528. The van der Waals surface area contributed by atoms with E-state index in [1.165, 1.54) is 18.4 Å². The zero-order valence-electron chi connectivity index (χ0n) is 10.2. The second-order valence-corrected chi connectivity index (χ2v) is 7.73. The lowest BCUT2D eigenvalue weighted by Crippen LogP contribution is -2.19. The Kier molecular flexibility index (Phi) is 4.62. The van der Waals surface area contributed by atoms with Crippen molar-refractivity contribution in [3.63, 3.8) is 0 Å². The van der Waals surface area contributed by atoms with E-state index in [1.54, 1.807) is 24.3 Å². The number of alkyl halides is 1. The summed E-state index contributed by atoms with van der Waals surface area (Å²) in [6.07, 6.45) is 6.65. The molecule has 0 saturated carbocycles. The fourth-order valence-electron chi connectivity index (χ4n) is 2.17. The van der Waals surface area contributed by atoms with Gasteiger partial charge in [-0.3, -0.25) is 0 Å². The van der Waals surface area contributed by atoms with Gasteiger partial charge in [0.1, 0.15) is 0 Å².